The van der Waals surface area contributed by atoms with E-state index in [1.165, 1.54) is 15.8 Å². The molecule has 0 spiro atoms. The van der Waals surface area contributed by atoms with E-state index in [-0.39, 0.29) is 5.82 Å². The molecule has 102 valence electrons. The van der Waals surface area contributed by atoms with Crippen LogP contribution in [0, 0.1) is 12.7 Å². The Hall–Kier alpha value is -0.840. The van der Waals surface area contributed by atoms with E-state index in [1.807, 2.05) is 17.4 Å². The zero-order chi connectivity index (χ0) is 13.7. The molecule has 0 fully saturated rings. The van der Waals surface area contributed by atoms with Crippen molar-refractivity contribution in [2.24, 2.45) is 0 Å². The van der Waals surface area contributed by atoms with Gasteiger partial charge in [-0.05, 0) is 43.8 Å². The lowest BCUT2D eigenvalue weighted by Crippen LogP contribution is -2.21. The molecule has 0 aliphatic carbocycles. The van der Waals surface area contributed by atoms with Gasteiger partial charge in [0, 0.05) is 20.4 Å². The van der Waals surface area contributed by atoms with Crippen LogP contribution in [0.5, 0.6) is 0 Å². The van der Waals surface area contributed by atoms with Crippen LogP contribution in [0.25, 0.3) is 0 Å². The Morgan fingerprint density at radius 2 is 2.16 bits per heavy atom. The molecule has 1 nitrogen and oxygen atoms in total. The van der Waals surface area contributed by atoms with E-state index in [0.717, 1.165) is 17.2 Å². The first kappa shape index (κ1) is 14.6. The number of aryl methyl sites for hydroxylation is 1. The first-order chi connectivity index (χ1) is 9.19. The monoisotopic (exact) mass is 295 g/mol. The molecule has 0 aliphatic heterocycles. The molecule has 19 heavy (non-hydrogen) atoms. The van der Waals surface area contributed by atoms with Crippen molar-refractivity contribution in [2.45, 2.75) is 24.8 Å². The summed E-state index contributed by atoms with van der Waals surface area (Å²) in [5, 5.41) is 3.49. The number of hydrogen-bond donors (Lipinski definition) is 1. The van der Waals surface area contributed by atoms with Gasteiger partial charge in [0.1, 0.15) is 5.82 Å². The van der Waals surface area contributed by atoms with Gasteiger partial charge in [0.05, 0.1) is 6.04 Å². The Morgan fingerprint density at radius 1 is 1.32 bits per heavy atom. The van der Waals surface area contributed by atoms with Gasteiger partial charge < -0.3 is 5.32 Å². The normalized spacial score (nSPS) is 12.6. The van der Waals surface area contributed by atoms with Crippen molar-refractivity contribution in [1.82, 2.24) is 5.32 Å². The average Bonchev–Trinajstić information content (AvgIpc) is 2.81. The Labute approximate surface area is 122 Å². The fourth-order valence-electron chi connectivity index (χ4n) is 1.87. The fourth-order valence-corrected chi connectivity index (χ4v) is 3.95. The Balaban J connectivity index is 2.01. The molecular weight excluding hydrogens is 277 g/mol. The smallest absolute Gasteiger partial charge is 0.124 e. The van der Waals surface area contributed by atoms with Gasteiger partial charge in [0.15, 0.2) is 0 Å². The van der Waals surface area contributed by atoms with Gasteiger partial charge in [-0.3, -0.25) is 0 Å². The van der Waals surface area contributed by atoms with Gasteiger partial charge in [-0.15, -0.1) is 23.1 Å². The summed E-state index contributed by atoms with van der Waals surface area (Å²) < 4.78 is 13.1. The van der Waals surface area contributed by atoms with Gasteiger partial charge in [-0.25, -0.2) is 4.39 Å². The minimum atomic E-state index is -0.169. The number of hydrogen-bond acceptors (Lipinski definition) is 3. The van der Waals surface area contributed by atoms with Crippen LogP contribution in [-0.4, -0.2) is 12.3 Å². The first-order valence-corrected chi connectivity index (χ1v) is 8.17. The summed E-state index contributed by atoms with van der Waals surface area (Å²) in [6, 6.07) is 11.4. The van der Waals surface area contributed by atoms with Gasteiger partial charge in [-0.1, -0.05) is 13.0 Å². The molecule has 1 N–H and O–H groups in total. The lowest BCUT2D eigenvalue weighted by atomic mass is 10.2. The van der Waals surface area contributed by atoms with E-state index in [2.05, 4.69) is 31.3 Å². The number of halogens is 1. The number of benzene rings is 1. The van der Waals surface area contributed by atoms with Crippen LogP contribution < -0.4 is 5.32 Å². The summed E-state index contributed by atoms with van der Waals surface area (Å²) in [5.74, 6) is 0.744. The SMILES string of the molecule is CCNC(CSc1cccc(F)c1)c1ccc(C)s1. The molecule has 0 radical (unpaired) electrons. The number of thiophene rings is 1. The molecule has 0 saturated carbocycles. The summed E-state index contributed by atoms with van der Waals surface area (Å²) in [4.78, 5) is 3.66. The molecule has 1 aromatic carbocycles. The third-order valence-electron chi connectivity index (χ3n) is 2.77. The van der Waals surface area contributed by atoms with E-state index in [0.29, 0.717) is 6.04 Å². The summed E-state index contributed by atoms with van der Waals surface area (Å²) in [7, 11) is 0. The lowest BCUT2D eigenvalue weighted by Gasteiger charge is -2.16. The van der Waals surface area contributed by atoms with Gasteiger partial charge >= 0.3 is 0 Å². The molecule has 2 aromatic rings. The Morgan fingerprint density at radius 3 is 2.79 bits per heavy atom. The topological polar surface area (TPSA) is 12.0 Å². The standard InChI is InChI=1S/C15H18FNS2/c1-3-17-14(15-8-7-11(2)19-15)10-18-13-6-4-5-12(16)9-13/h4-9,14,17H,3,10H2,1-2H3. The quantitative estimate of drug-likeness (QED) is 0.779. The van der Waals surface area contributed by atoms with E-state index in [1.54, 1.807) is 23.9 Å². The van der Waals surface area contributed by atoms with E-state index >= 15 is 0 Å². The third-order valence-corrected chi connectivity index (χ3v) is 4.97. The molecular formula is C15H18FNS2. The molecule has 4 heteroatoms. The maximum Gasteiger partial charge on any atom is 0.124 e. The molecule has 1 atom stereocenters. The second-order valence-electron chi connectivity index (χ2n) is 4.33. The molecule has 0 saturated heterocycles. The summed E-state index contributed by atoms with van der Waals surface area (Å²) in [5.41, 5.74) is 0. The highest BCUT2D eigenvalue weighted by Crippen LogP contribution is 2.29. The minimum absolute atomic E-state index is 0.169. The van der Waals surface area contributed by atoms with Crippen LogP contribution in [0.3, 0.4) is 0 Å². The summed E-state index contributed by atoms with van der Waals surface area (Å²) in [6.45, 7) is 5.17. The zero-order valence-electron chi connectivity index (χ0n) is 11.2. The second-order valence-corrected chi connectivity index (χ2v) is 6.74. The van der Waals surface area contributed by atoms with Crippen LogP contribution in [0.4, 0.5) is 4.39 Å². The van der Waals surface area contributed by atoms with Crippen molar-refractivity contribution in [3.8, 4) is 0 Å². The van der Waals surface area contributed by atoms with Crippen LogP contribution in [0.15, 0.2) is 41.3 Å². The van der Waals surface area contributed by atoms with Gasteiger partial charge in [0.25, 0.3) is 0 Å². The Kier molecular flexibility index (Phi) is 5.43. The molecule has 2 rings (SSSR count). The maximum absolute atomic E-state index is 13.1. The molecule has 0 amide bonds. The highest BCUT2D eigenvalue weighted by Gasteiger charge is 2.12. The molecule has 0 bridgehead atoms. The predicted octanol–water partition coefficient (Wildman–Crippen LogP) is 4.64. The maximum atomic E-state index is 13.1. The van der Waals surface area contributed by atoms with E-state index in [4.69, 9.17) is 0 Å². The number of nitrogens with one attached hydrogen (secondary N) is 1. The van der Waals surface area contributed by atoms with Crippen molar-refractivity contribution < 1.29 is 4.39 Å². The van der Waals surface area contributed by atoms with Crippen molar-refractivity contribution in [3.05, 3.63) is 52.0 Å². The highest BCUT2D eigenvalue weighted by atomic mass is 32.2. The van der Waals surface area contributed by atoms with Crippen molar-refractivity contribution in [3.63, 3.8) is 0 Å². The molecule has 1 unspecified atom stereocenters. The van der Waals surface area contributed by atoms with E-state index < -0.39 is 0 Å². The van der Waals surface area contributed by atoms with Crippen LogP contribution in [0.2, 0.25) is 0 Å². The predicted molar refractivity (Wildman–Crippen MR) is 82.6 cm³/mol. The van der Waals surface area contributed by atoms with Crippen molar-refractivity contribution in [2.75, 3.05) is 12.3 Å². The minimum Gasteiger partial charge on any atom is -0.309 e. The lowest BCUT2D eigenvalue weighted by molar-refractivity contribution is 0.614. The van der Waals surface area contributed by atoms with Gasteiger partial charge in [-0.2, -0.15) is 0 Å². The Bertz CT molecular complexity index is 524. The fraction of sp³-hybridized carbons (Fsp3) is 0.333. The molecule has 1 aromatic heterocycles. The number of thioether (sulfide) groups is 1. The highest BCUT2D eigenvalue weighted by molar-refractivity contribution is 7.99. The largest absolute Gasteiger partial charge is 0.309 e. The van der Waals surface area contributed by atoms with Crippen molar-refractivity contribution in [1.29, 1.82) is 0 Å². The van der Waals surface area contributed by atoms with Crippen molar-refractivity contribution >= 4 is 23.1 Å². The number of rotatable bonds is 6. The summed E-state index contributed by atoms with van der Waals surface area (Å²) in [6.07, 6.45) is 0. The first-order valence-electron chi connectivity index (χ1n) is 6.37. The summed E-state index contributed by atoms with van der Waals surface area (Å²) >= 11 is 3.52. The zero-order valence-corrected chi connectivity index (χ0v) is 12.8. The van der Waals surface area contributed by atoms with Gasteiger partial charge in [0.2, 0.25) is 0 Å². The average molecular weight is 295 g/mol. The third kappa shape index (κ3) is 4.34. The van der Waals surface area contributed by atoms with Crippen LogP contribution >= 0.6 is 23.1 Å². The molecule has 1 heterocycles. The van der Waals surface area contributed by atoms with Crippen LogP contribution in [0.1, 0.15) is 22.7 Å². The second kappa shape index (κ2) is 7.08. The molecule has 0 aliphatic rings. The van der Waals surface area contributed by atoms with E-state index in [9.17, 15) is 4.39 Å². The van der Waals surface area contributed by atoms with Crippen LogP contribution in [-0.2, 0) is 0 Å².